The first-order chi connectivity index (χ1) is 14.9. The van der Waals surface area contributed by atoms with Gasteiger partial charge in [0.05, 0.1) is 20.4 Å². The summed E-state index contributed by atoms with van der Waals surface area (Å²) in [5.74, 6) is 0.256. The Morgan fingerprint density at radius 2 is 1.87 bits per heavy atom. The first kappa shape index (κ1) is 20.1. The highest BCUT2D eigenvalue weighted by Crippen LogP contribution is 2.38. The van der Waals surface area contributed by atoms with Gasteiger partial charge < -0.3 is 19.2 Å². The van der Waals surface area contributed by atoms with Crippen molar-refractivity contribution in [1.29, 1.82) is 0 Å². The number of carbonyl (C=O) groups excluding carboxylic acids is 1. The molecule has 4 rings (SSSR count). The van der Waals surface area contributed by atoms with E-state index in [9.17, 15) is 9.59 Å². The smallest absolute Gasteiger partial charge is 0.308 e. The van der Waals surface area contributed by atoms with E-state index in [1.165, 1.54) is 33.7 Å². The average molecular weight is 420 g/mol. The Kier molecular flexibility index (Phi) is 5.16. The SMILES string of the molecule is COc1cc(/C=N\n2cnc3c([nH]c4ccc(C)cc43)c2=O)cc(OC)c1OC(C)=O. The van der Waals surface area contributed by atoms with Crippen molar-refractivity contribution >= 4 is 34.1 Å². The fraction of sp³-hybridized carbons (Fsp3) is 0.182. The number of aromatic amines is 1. The van der Waals surface area contributed by atoms with Crippen LogP contribution in [0.25, 0.3) is 21.9 Å². The summed E-state index contributed by atoms with van der Waals surface area (Å²) >= 11 is 0. The van der Waals surface area contributed by atoms with Gasteiger partial charge >= 0.3 is 5.97 Å². The molecular formula is C22H20N4O5. The summed E-state index contributed by atoms with van der Waals surface area (Å²) in [4.78, 5) is 31.8. The van der Waals surface area contributed by atoms with E-state index in [0.717, 1.165) is 21.1 Å². The van der Waals surface area contributed by atoms with Gasteiger partial charge in [-0.2, -0.15) is 9.78 Å². The summed E-state index contributed by atoms with van der Waals surface area (Å²) in [6, 6.07) is 9.11. The molecule has 1 N–H and O–H groups in total. The minimum absolute atomic E-state index is 0.170. The molecule has 9 heteroatoms. The molecule has 2 heterocycles. The van der Waals surface area contributed by atoms with E-state index in [4.69, 9.17) is 14.2 Å². The maximum Gasteiger partial charge on any atom is 0.308 e. The predicted molar refractivity (Wildman–Crippen MR) is 116 cm³/mol. The van der Waals surface area contributed by atoms with Crippen LogP contribution < -0.4 is 19.8 Å². The van der Waals surface area contributed by atoms with Crippen LogP contribution in [0.3, 0.4) is 0 Å². The number of aryl methyl sites for hydroxylation is 1. The molecule has 0 aliphatic rings. The van der Waals surface area contributed by atoms with Crippen molar-refractivity contribution in [1.82, 2.24) is 14.6 Å². The zero-order chi connectivity index (χ0) is 22.1. The molecule has 0 saturated heterocycles. The van der Waals surface area contributed by atoms with Crippen LogP contribution in [0.15, 0.2) is 46.6 Å². The van der Waals surface area contributed by atoms with Crippen molar-refractivity contribution in [2.45, 2.75) is 13.8 Å². The van der Waals surface area contributed by atoms with Crippen molar-refractivity contribution < 1.29 is 19.0 Å². The van der Waals surface area contributed by atoms with Crippen LogP contribution in [-0.4, -0.2) is 41.0 Å². The molecule has 0 aliphatic heterocycles. The second-order valence-electron chi connectivity index (χ2n) is 6.88. The second kappa shape index (κ2) is 7.94. The van der Waals surface area contributed by atoms with Crippen molar-refractivity contribution in [2.24, 2.45) is 5.10 Å². The van der Waals surface area contributed by atoms with Gasteiger partial charge in [0.2, 0.25) is 5.75 Å². The quantitative estimate of drug-likeness (QED) is 0.302. The van der Waals surface area contributed by atoms with Crippen LogP contribution in [0.1, 0.15) is 18.1 Å². The molecule has 2 aromatic carbocycles. The minimum atomic E-state index is -0.502. The maximum atomic E-state index is 12.9. The lowest BCUT2D eigenvalue weighted by molar-refractivity contribution is -0.132. The summed E-state index contributed by atoms with van der Waals surface area (Å²) in [5, 5.41) is 5.12. The van der Waals surface area contributed by atoms with Gasteiger partial charge in [-0.15, -0.1) is 0 Å². The highest BCUT2D eigenvalue weighted by atomic mass is 16.6. The molecule has 0 saturated carbocycles. The summed E-state index contributed by atoms with van der Waals surface area (Å²) < 4.78 is 16.9. The standard InChI is InChI=1S/C22H20N4O5/c1-12-5-6-16-15(7-12)19-20(25-16)22(28)26(11-23-19)24-10-14-8-17(29-3)21(31-13(2)27)18(9-14)30-4/h5-11,25H,1-4H3/b24-10-. The van der Waals surface area contributed by atoms with Crippen molar-refractivity contribution in [3.63, 3.8) is 0 Å². The summed E-state index contributed by atoms with van der Waals surface area (Å²) in [7, 11) is 2.89. The number of ether oxygens (including phenoxy) is 3. The van der Waals surface area contributed by atoms with Gasteiger partial charge in [-0.1, -0.05) is 11.6 Å². The number of hydrogen-bond acceptors (Lipinski definition) is 7. The van der Waals surface area contributed by atoms with E-state index in [-0.39, 0.29) is 11.3 Å². The van der Waals surface area contributed by atoms with E-state index < -0.39 is 5.97 Å². The number of hydrogen-bond donors (Lipinski definition) is 1. The third-order valence-electron chi connectivity index (χ3n) is 4.70. The predicted octanol–water partition coefficient (Wildman–Crippen LogP) is 3.01. The molecule has 4 aromatic rings. The van der Waals surface area contributed by atoms with E-state index >= 15 is 0 Å². The van der Waals surface area contributed by atoms with E-state index in [0.29, 0.717) is 28.1 Å². The lowest BCUT2D eigenvalue weighted by Gasteiger charge is -2.13. The number of nitrogens with one attached hydrogen (secondary N) is 1. The van der Waals surface area contributed by atoms with Crippen LogP contribution >= 0.6 is 0 Å². The van der Waals surface area contributed by atoms with Crippen molar-refractivity contribution in [2.75, 3.05) is 14.2 Å². The Bertz CT molecular complexity index is 1380. The molecule has 0 bridgehead atoms. The Hall–Kier alpha value is -4.14. The third-order valence-corrected chi connectivity index (χ3v) is 4.70. The fourth-order valence-electron chi connectivity index (χ4n) is 3.29. The number of nitrogens with zero attached hydrogens (tertiary/aromatic N) is 3. The zero-order valence-electron chi connectivity index (χ0n) is 17.4. The molecule has 31 heavy (non-hydrogen) atoms. The van der Waals surface area contributed by atoms with Gasteiger partial charge in [-0.3, -0.25) is 9.59 Å². The topological polar surface area (TPSA) is 108 Å². The van der Waals surface area contributed by atoms with Crippen LogP contribution in [-0.2, 0) is 4.79 Å². The Balaban J connectivity index is 1.76. The first-order valence-electron chi connectivity index (χ1n) is 9.39. The molecular weight excluding hydrogens is 400 g/mol. The highest BCUT2D eigenvalue weighted by Gasteiger charge is 2.16. The largest absolute Gasteiger partial charge is 0.493 e. The van der Waals surface area contributed by atoms with E-state index in [2.05, 4.69) is 15.1 Å². The first-order valence-corrected chi connectivity index (χ1v) is 9.39. The van der Waals surface area contributed by atoms with Crippen molar-refractivity contribution in [3.8, 4) is 17.2 Å². The number of methoxy groups -OCH3 is 2. The molecule has 0 spiro atoms. The van der Waals surface area contributed by atoms with Gasteiger partial charge in [-0.05, 0) is 31.2 Å². The van der Waals surface area contributed by atoms with E-state index in [1.807, 2.05) is 25.1 Å². The number of rotatable bonds is 5. The minimum Gasteiger partial charge on any atom is -0.493 e. The van der Waals surface area contributed by atoms with Crippen LogP contribution in [0.2, 0.25) is 0 Å². The summed E-state index contributed by atoms with van der Waals surface area (Å²) in [5.41, 5.74) is 3.14. The number of fused-ring (bicyclic) bond motifs is 3. The monoisotopic (exact) mass is 420 g/mol. The molecule has 0 aliphatic carbocycles. The second-order valence-corrected chi connectivity index (χ2v) is 6.88. The fourth-order valence-corrected chi connectivity index (χ4v) is 3.29. The molecule has 2 aromatic heterocycles. The van der Waals surface area contributed by atoms with E-state index in [1.54, 1.807) is 12.1 Å². The van der Waals surface area contributed by atoms with Crippen molar-refractivity contribution in [3.05, 3.63) is 58.1 Å². The van der Waals surface area contributed by atoms with Gasteiger partial charge in [0, 0.05) is 23.4 Å². The number of aromatic nitrogens is 3. The van der Waals surface area contributed by atoms with Crippen LogP contribution in [0, 0.1) is 6.92 Å². The number of esters is 1. The van der Waals surface area contributed by atoms with Crippen LogP contribution in [0.5, 0.6) is 17.2 Å². The average Bonchev–Trinajstić information content (AvgIpc) is 3.12. The zero-order valence-corrected chi connectivity index (χ0v) is 17.4. The normalized spacial score (nSPS) is 11.4. The lowest BCUT2D eigenvalue weighted by Crippen LogP contribution is -2.17. The van der Waals surface area contributed by atoms with Crippen LogP contribution in [0.4, 0.5) is 0 Å². The van der Waals surface area contributed by atoms with Gasteiger partial charge in [0.1, 0.15) is 17.4 Å². The molecule has 0 amide bonds. The highest BCUT2D eigenvalue weighted by molar-refractivity contribution is 6.04. The lowest BCUT2D eigenvalue weighted by atomic mass is 10.2. The molecule has 0 radical (unpaired) electrons. The number of H-pyrrole nitrogens is 1. The number of benzene rings is 2. The molecule has 158 valence electrons. The summed E-state index contributed by atoms with van der Waals surface area (Å²) in [6.45, 7) is 3.27. The maximum absolute atomic E-state index is 12.9. The Labute approximate surface area is 176 Å². The molecule has 9 nitrogen and oxygen atoms in total. The molecule has 0 unspecified atom stereocenters. The molecule has 0 fully saturated rings. The van der Waals surface area contributed by atoms with Gasteiger partial charge in [-0.25, -0.2) is 4.98 Å². The van der Waals surface area contributed by atoms with Gasteiger partial charge in [0.25, 0.3) is 5.56 Å². The Morgan fingerprint density at radius 3 is 2.52 bits per heavy atom. The summed E-state index contributed by atoms with van der Waals surface area (Å²) in [6.07, 6.45) is 2.84. The third kappa shape index (κ3) is 3.73. The molecule has 0 atom stereocenters. The van der Waals surface area contributed by atoms with Gasteiger partial charge in [0.15, 0.2) is 11.5 Å². The number of carbonyl (C=O) groups is 1. The Morgan fingerprint density at radius 1 is 1.16 bits per heavy atom.